The van der Waals surface area contributed by atoms with Crippen LogP contribution in [0.4, 0.5) is 0 Å². The molecular weight excluding hydrogens is 336 g/mol. The second-order valence-corrected chi connectivity index (χ2v) is 5.97. The van der Waals surface area contributed by atoms with Crippen LogP contribution in [0.3, 0.4) is 0 Å². The molecular formula is C19H11ClN4O. The molecule has 0 aliphatic carbocycles. The molecule has 0 spiro atoms. The van der Waals surface area contributed by atoms with Crippen molar-refractivity contribution in [2.45, 2.75) is 0 Å². The van der Waals surface area contributed by atoms with Gasteiger partial charge in [-0.25, -0.2) is 15.0 Å². The molecule has 120 valence electrons. The largest absolute Gasteiger partial charge is 0.461 e. The molecule has 0 saturated carbocycles. The maximum absolute atomic E-state index is 6.44. The van der Waals surface area contributed by atoms with Crippen LogP contribution < -0.4 is 0 Å². The fourth-order valence-corrected chi connectivity index (χ4v) is 3.11. The number of imidazole rings is 1. The Hall–Kier alpha value is -3.18. The number of furan rings is 1. The minimum absolute atomic E-state index is 0.546. The Morgan fingerprint density at radius 1 is 0.800 bits per heavy atom. The Bertz CT molecular complexity index is 1210. The lowest BCUT2D eigenvalue weighted by molar-refractivity contribution is 0.576. The van der Waals surface area contributed by atoms with Gasteiger partial charge in [0.05, 0.1) is 28.0 Å². The number of para-hydroxylation sites is 3. The van der Waals surface area contributed by atoms with E-state index in [2.05, 4.69) is 9.97 Å². The maximum atomic E-state index is 6.44. The molecule has 5 nitrogen and oxygen atoms in total. The summed E-state index contributed by atoms with van der Waals surface area (Å²) in [5.41, 5.74) is 3.56. The number of hydrogen-bond donors (Lipinski definition) is 0. The fraction of sp³-hybridized carbons (Fsp3) is 0. The summed E-state index contributed by atoms with van der Waals surface area (Å²) in [6, 6.07) is 19.0. The first kappa shape index (κ1) is 14.2. The predicted molar refractivity (Wildman–Crippen MR) is 96.9 cm³/mol. The quantitative estimate of drug-likeness (QED) is 0.457. The first-order chi connectivity index (χ1) is 12.3. The van der Waals surface area contributed by atoms with Crippen molar-refractivity contribution in [3.63, 3.8) is 0 Å². The highest BCUT2D eigenvalue weighted by molar-refractivity contribution is 6.32. The van der Waals surface area contributed by atoms with Crippen LogP contribution in [-0.2, 0) is 0 Å². The number of rotatable bonds is 2. The van der Waals surface area contributed by atoms with Gasteiger partial charge in [0.2, 0.25) is 0 Å². The third-order valence-electron chi connectivity index (χ3n) is 4.00. The molecule has 0 aliphatic heterocycles. The third kappa shape index (κ3) is 2.21. The summed E-state index contributed by atoms with van der Waals surface area (Å²) >= 11 is 6.44. The van der Waals surface area contributed by atoms with Gasteiger partial charge in [-0.1, -0.05) is 35.9 Å². The van der Waals surface area contributed by atoms with Gasteiger partial charge in [0.15, 0.2) is 22.9 Å². The van der Waals surface area contributed by atoms with Crippen molar-refractivity contribution in [3.05, 3.63) is 71.9 Å². The van der Waals surface area contributed by atoms with Gasteiger partial charge in [0.1, 0.15) is 0 Å². The Labute approximate surface area is 147 Å². The number of hydrogen-bond acceptors (Lipinski definition) is 4. The molecule has 0 aliphatic rings. The van der Waals surface area contributed by atoms with Crippen LogP contribution >= 0.6 is 11.6 Å². The maximum Gasteiger partial charge on any atom is 0.199 e. The first-order valence-electron chi connectivity index (χ1n) is 7.75. The van der Waals surface area contributed by atoms with Gasteiger partial charge in [-0.2, -0.15) is 0 Å². The minimum atomic E-state index is 0.546. The second-order valence-electron chi connectivity index (χ2n) is 5.56. The van der Waals surface area contributed by atoms with E-state index >= 15 is 0 Å². The van der Waals surface area contributed by atoms with Gasteiger partial charge in [-0.15, -0.1) is 0 Å². The van der Waals surface area contributed by atoms with E-state index in [0.29, 0.717) is 27.9 Å². The number of halogens is 1. The van der Waals surface area contributed by atoms with Gasteiger partial charge in [0.25, 0.3) is 0 Å². The van der Waals surface area contributed by atoms with Crippen LogP contribution in [0, 0.1) is 0 Å². The summed E-state index contributed by atoms with van der Waals surface area (Å²) in [6.45, 7) is 0. The predicted octanol–water partition coefficient (Wildman–Crippen LogP) is 4.88. The van der Waals surface area contributed by atoms with Crippen LogP contribution in [0.25, 0.3) is 39.6 Å². The molecule has 0 atom stereocenters. The highest BCUT2D eigenvalue weighted by Crippen LogP contribution is 2.31. The van der Waals surface area contributed by atoms with E-state index < -0.39 is 0 Å². The summed E-state index contributed by atoms with van der Waals surface area (Å²) in [6.07, 6.45) is 1.61. The summed E-state index contributed by atoms with van der Waals surface area (Å²) in [7, 11) is 0. The monoisotopic (exact) mass is 346 g/mol. The summed E-state index contributed by atoms with van der Waals surface area (Å²) < 4.78 is 7.45. The molecule has 0 saturated heterocycles. The Balaban J connectivity index is 1.93. The average Bonchev–Trinajstić information content (AvgIpc) is 3.28. The molecule has 6 heteroatoms. The standard InChI is InChI=1S/C19H11ClN4O/c20-12-6-1-4-9-15(12)24-18(16-10-5-11-25-16)23-17-19(24)22-14-8-3-2-7-13(14)21-17/h1-11H. The van der Waals surface area contributed by atoms with Gasteiger partial charge in [0, 0.05) is 0 Å². The molecule has 0 bridgehead atoms. The van der Waals surface area contributed by atoms with Gasteiger partial charge in [-0.3, -0.25) is 4.57 Å². The van der Waals surface area contributed by atoms with Gasteiger partial charge in [-0.05, 0) is 36.4 Å². The number of nitrogens with zero attached hydrogens (tertiary/aromatic N) is 4. The van der Waals surface area contributed by atoms with Crippen LogP contribution in [0.1, 0.15) is 0 Å². The van der Waals surface area contributed by atoms with Crippen molar-refractivity contribution in [2.75, 3.05) is 0 Å². The zero-order valence-corrected chi connectivity index (χ0v) is 13.7. The SMILES string of the molecule is Clc1ccccc1-n1c(-c2ccco2)nc2nc3ccccc3nc21. The van der Waals surface area contributed by atoms with Crippen molar-refractivity contribution in [2.24, 2.45) is 0 Å². The molecule has 3 aromatic heterocycles. The topological polar surface area (TPSA) is 56.7 Å². The van der Waals surface area contributed by atoms with Gasteiger partial charge >= 0.3 is 0 Å². The molecule has 3 heterocycles. The summed E-state index contributed by atoms with van der Waals surface area (Å²) in [5, 5.41) is 0.601. The molecule has 0 N–H and O–H groups in total. The second kappa shape index (κ2) is 5.43. The Morgan fingerprint density at radius 2 is 1.56 bits per heavy atom. The highest BCUT2D eigenvalue weighted by atomic mass is 35.5. The van der Waals surface area contributed by atoms with Crippen molar-refractivity contribution in [3.8, 4) is 17.3 Å². The molecule has 25 heavy (non-hydrogen) atoms. The van der Waals surface area contributed by atoms with Crippen LogP contribution in [-0.4, -0.2) is 19.5 Å². The number of fused-ring (bicyclic) bond motifs is 2. The average molecular weight is 347 g/mol. The fourth-order valence-electron chi connectivity index (χ4n) is 2.89. The molecule has 0 radical (unpaired) electrons. The first-order valence-corrected chi connectivity index (χ1v) is 8.13. The zero-order valence-electron chi connectivity index (χ0n) is 12.9. The molecule has 5 rings (SSSR count). The summed E-state index contributed by atoms with van der Waals surface area (Å²) in [5.74, 6) is 1.24. The van der Waals surface area contributed by atoms with E-state index in [1.807, 2.05) is 65.2 Å². The highest BCUT2D eigenvalue weighted by Gasteiger charge is 2.20. The van der Waals surface area contributed by atoms with Crippen LogP contribution in [0.2, 0.25) is 5.02 Å². The normalized spacial score (nSPS) is 11.4. The van der Waals surface area contributed by atoms with E-state index in [1.54, 1.807) is 6.26 Å². The van der Waals surface area contributed by atoms with Crippen molar-refractivity contribution >= 4 is 33.9 Å². The molecule has 0 unspecified atom stereocenters. The van der Waals surface area contributed by atoms with Crippen molar-refractivity contribution < 1.29 is 4.42 Å². The van der Waals surface area contributed by atoms with E-state index in [0.717, 1.165) is 16.7 Å². The lowest BCUT2D eigenvalue weighted by atomic mass is 10.3. The smallest absolute Gasteiger partial charge is 0.199 e. The lowest BCUT2D eigenvalue weighted by Crippen LogP contribution is -1.99. The molecule has 5 aromatic rings. The van der Waals surface area contributed by atoms with E-state index in [9.17, 15) is 0 Å². The van der Waals surface area contributed by atoms with Crippen LogP contribution in [0.5, 0.6) is 0 Å². The Morgan fingerprint density at radius 3 is 2.32 bits per heavy atom. The lowest BCUT2D eigenvalue weighted by Gasteiger charge is -2.09. The number of benzene rings is 2. The molecule has 0 fully saturated rings. The number of aromatic nitrogens is 4. The van der Waals surface area contributed by atoms with E-state index in [-0.39, 0.29) is 0 Å². The van der Waals surface area contributed by atoms with Crippen molar-refractivity contribution in [1.82, 2.24) is 19.5 Å². The summed E-state index contributed by atoms with van der Waals surface area (Å²) in [4.78, 5) is 14.1. The Kier molecular flexibility index (Phi) is 3.08. The van der Waals surface area contributed by atoms with E-state index in [1.165, 1.54) is 0 Å². The third-order valence-corrected chi connectivity index (χ3v) is 4.32. The van der Waals surface area contributed by atoms with Crippen LogP contribution in [0.15, 0.2) is 71.3 Å². The minimum Gasteiger partial charge on any atom is -0.461 e. The van der Waals surface area contributed by atoms with E-state index in [4.69, 9.17) is 21.0 Å². The van der Waals surface area contributed by atoms with Crippen molar-refractivity contribution in [1.29, 1.82) is 0 Å². The zero-order chi connectivity index (χ0) is 16.8. The van der Waals surface area contributed by atoms with Gasteiger partial charge < -0.3 is 4.42 Å². The molecule has 0 amide bonds. The molecule has 2 aromatic carbocycles.